The van der Waals surface area contributed by atoms with Gasteiger partial charge in [-0.15, -0.1) is 11.8 Å². The number of allylic oxidation sites excluding steroid dienone is 1. The van der Waals surface area contributed by atoms with E-state index in [9.17, 15) is 14.7 Å². The van der Waals surface area contributed by atoms with Crippen molar-refractivity contribution in [1.29, 1.82) is 0 Å². The average molecular weight is 394 g/mol. The summed E-state index contributed by atoms with van der Waals surface area (Å²) in [6.07, 6.45) is 5.02. The summed E-state index contributed by atoms with van der Waals surface area (Å²) in [5.41, 5.74) is 1.26. The molecule has 3 rings (SSSR count). The average Bonchev–Trinajstić information content (AvgIpc) is 3.21. The van der Waals surface area contributed by atoms with Crippen LogP contribution in [-0.4, -0.2) is 30.2 Å². The van der Waals surface area contributed by atoms with Crippen LogP contribution in [0.3, 0.4) is 0 Å². The number of phenolic OH excluding ortho intramolecular Hbond substituents is 1. The van der Waals surface area contributed by atoms with Crippen molar-refractivity contribution in [1.82, 2.24) is 0 Å². The van der Waals surface area contributed by atoms with E-state index in [0.29, 0.717) is 22.6 Å². The minimum atomic E-state index is -0.635. The van der Waals surface area contributed by atoms with Gasteiger partial charge in [0.25, 0.3) is 0 Å². The van der Waals surface area contributed by atoms with Crippen molar-refractivity contribution in [2.75, 3.05) is 13.4 Å². The molecule has 142 valence electrons. The molecule has 0 aliphatic heterocycles. The number of esters is 1. The SMILES string of the molecule is COC(=O)c1cc(-c2ccc(/C=C/C(=O)c3ccc(SC)cc3)o2)ccc1O. The van der Waals surface area contributed by atoms with Crippen LogP contribution in [0.25, 0.3) is 17.4 Å². The molecule has 5 nitrogen and oxygen atoms in total. The van der Waals surface area contributed by atoms with Gasteiger partial charge in [-0.3, -0.25) is 4.79 Å². The molecule has 1 N–H and O–H groups in total. The minimum Gasteiger partial charge on any atom is -0.507 e. The maximum atomic E-state index is 12.3. The van der Waals surface area contributed by atoms with Crippen molar-refractivity contribution in [2.24, 2.45) is 0 Å². The third-order valence-electron chi connectivity index (χ3n) is 4.09. The van der Waals surface area contributed by atoms with E-state index in [4.69, 9.17) is 4.42 Å². The molecular weight excluding hydrogens is 376 g/mol. The van der Waals surface area contributed by atoms with Gasteiger partial charge in [-0.05, 0) is 73.0 Å². The molecule has 0 bridgehead atoms. The molecule has 1 aromatic heterocycles. The standard InChI is InChI=1S/C22H18O5S/c1-26-22(25)18-13-15(5-10-20(18)24)21-12-7-16(27-21)6-11-19(23)14-3-8-17(28-2)9-4-14/h3-13,24H,1-2H3/b11-6+. The maximum Gasteiger partial charge on any atom is 0.341 e. The third-order valence-corrected chi connectivity index (χ3v) is 4.83. The van der Waals surface area contributed by atoms with Crippen LogP contribution in [-0.2, 0) is 4.74 Å². The highest BCUT2D eigenvalue weighted by atomic mass is 32.2. The van der Waals surface area contributed by atoms with E-state index in [0.717, 1.165) is 4.90 Å². The summed E-state index contributed by atoms with van der Waals surface area (Å²) < 4.78 is 10.4. The van der Waals surface area contributed by atoms with E-state index >= 15 is 0 Å². The number of ether oxygens (including phenoxy) is 1. The fourth-order valence-corrected chi connectivity index (χ4v) is 2.98. The Morgan fingerprint density at radius 3 is 2.50 bits per heavy atom. The Bertz CT molecular complexity index is 1030. The molecule has 0 saturated carbocycles. The molecule has 0 spiro atoms. The number of hydrogen-bond donors (Lipinski definition) is 1. The first-order valence-corrected chi connectivity index (χ1v) is 9.62. The lowest BCUT2D eigenvalue weighted by Crippen LogP contribution is -2.01. The second-order valence-electron chi connectivity index (χ2n) is 5.85. The Kier molecular flexibility index (Phi) is 6.01. The zero-order valence-electron chi connectivity index (χ0n) is 15.3. The first-order valence-electron chi connectivity index (χ1n) is 8.40. The van der Waals surface area contributed by atoms with Crippen LogP contribution >= 0.6 is 11.8 Å². The van der Waals surface area contributed by atoms with Gasteiger partial charge in [-0.25, -0.2) is 4.79 Å². The molecule has 3 aromatic rings. The second-order valence-corrected chi connectivity index (χ2v) is 6.73. The number of benzene rings is 2. The van der Waals surface area contributed by atoms with Gasteiger partial charge in [0.05, 0.1) is 7.11 Å². The lowest BCUT2D eigenvalue weighted by Gasteiger charge is -2.04. The highest BCUT2D eigenvalue weighted by molar-refractivity contribution is 7.98. The summed E-state index contributed by atoms with van der Waals surface area (Å²) in [6, 6.07) is 15.4. The van der Waals surface area contributed by atoms with Crippen LogP contribution in [0.5, 0.6) is 5.75 Å². The summed E-state index contributed by atoms with van der Waals surface area (Å²) in [5, 5.41) is 9.79. The van der Waals surface area contributed by atoms with Crippen LogP contribution in [0.1, 0.15) is 26.5 Å². The minimum absolute atomic E-state index is 0.0531. The number of methoxy groups -OCH3 is 1. The molecule has 6 heteroatoms. The van der Waals surface area contributed by atoms with Crippen molar-refractivity contribution in [3.05, 3.63) is 77.6 Å². The fourth-order valence-electron chi connectivity index (χ4n) is 2.57. The molecule has 0 aliphatic carbocycles. The van der Waals surface area contributed by atoms with Gasteiger partial charge < -0.3 is 14.3 Å². The Balaban J connectivity index is 1.77. The number of thioether (sulfide) groups is 1. The Hall–Kier alpha value is -3.25. The monoisotopic (exact) mass is 394 g/mol. The topological polar surface area (TPSA) is 76.7 Å². The number of aromatic hydroxyl groups is 1. The van der Waals surface area contributed by atoms with E-state index in [-0.39, 0.29) is 17.1 Å². The molecule has 0 aliphatic rings. The van der Waals surface area contributed by atoms with Gasteiger partial charge in [0, 0.05) is 16.0 Å². The van der Waals surface area contributed by atoms with Gasteiger partial charge in [0.15, 0.2) is 5.78 Å². The molecule has 0 saturated heterocycles. The van der Waals surface area contributed by atoms with Crippen LogP contribution in [0.2, 0.25) is 0 Å². The quantitative estimate of drug-likeness (QED) is 0.273. The molecule has 28 heavy (non-hydrogen) atoms. The number of phenols is 1. The fraction of sp³-hybridized carbons (Fsp3) is 0.0909. The maximum absolute atomic E-state index is 12.3. The van der Waals surface area contributed by atoms with Crippen molar-refractivity contribution in [2.45, 2.75) is 4.90 Å². The zero-order chi connectivity index (χ0) is 20.1. The Morgan fingerprint density at radius 2 is 1.82 bits per heavy atom. The van der Waals surface area contributed by atoms with Gasteiger partial charge in [-0.2, -0.15) is 0 Å². The predicted octanol–water partition coefficient (Wildman–Crippen LogP) is 5.06. The van der Waals surface area contributed by atoms with E-state index in [1.807, 2.05) is 18.4 Å². The zero-order valence-corrected chi connectivity index (χ0v) is 16.2. The number of carbonyl (C=O) groups is 2. The highest BCUT2D eigenvalue weighted by Gasteiger charge is 2.14. The molecule has 0 amide bonds. The lowest BCUT2D eigenvalue weighted by atomic mass is 10.1. The van der Waals surface area contributed by atoms with Crippen LogP contribution in [0, 0.1) is 0 Å². The molecule has 2 aromatic carbocycles. The first kappa shape index (κ1) is 19.5. The van der Waals surface area contributed by atoms with Gasteiger partial charge in [-0.1, -0.05) is 0 Å². The smallest absolute Gasteiger partial charge is 0.341 e. The van der Waals surface area contributed by atoms with E-state index in [1.54, 1.807) is 48.2 Å². The molecule has 0 fully saturated rings. The summed E-state index contributed by atoms with van der Waals surface area (Å²) >= 11 is 1.62. The number of hydrogen-bond acceptors (Lipinski definition) is 6. The largest absolute Gasteiger partial charge is 0.507 e. The predicted molar refractivity (Wildman–Crippen MR) is 109 cm³/mol. The van der Waals surface area contributed by atoms with Crippen LogP contribution in [0.15, 0.2) is 70.0 Å². The summed E-state index contributed by atoms with van der Waals surface area (Å²) in [4.78, 5) is 25.1. The van der Waals surface area contributed by atoms with Gasteiger partial charge in [0.1, 0.15) is 22.8 Å². The molecular formula is C22H18O5S. The molecule has 0 radical (unpaired) electrons. The highest BCUT2D eigenvalue weighted by Crippen LogP contribution is 2.28. The summed E-state index contributed by atoms with van der Waals surface area (Å²) in [6.45, 7) is 0. The lowest BCUT2D eigenvalue weighted by molar-refractivity contribution is 0.0597. The van der Waals surface area contributed by atoms with Crippen LogP contribution in [0.4, 0.5) is 0 Å². The van der Waals surface area contributed by atoms with Gasteiger partial charge in [0.2, 0.25) is 0 Å². The van der Waals surface area contributed by atoms with Gasteiger partial charge >= 0.3 is 5.97 Å². The van der Waals surface area contributed by atoms with Crippen LogP contribution < -0.4 is 0 Å². The molecule has 0 atom stereocenters. The van der Waals surface area contributed by atoms with E-state index < -0.39 is 5.97 Å². The molecule has 1 heterocycles. The van der Waals surface area contributed by atoms with Crippen molar-refractivity contribution < 1.29 is 23.8 Å². The van der Waals surface area contributed by atoms with Crippen molar-refractivity contribution in [3.63, 3.8) is 0 Å². The van der Waals surface area contributed by atoms with E-state index in [2.05, 4.69) is 4.74 Å². The molecule has 0 unspecified atom stereocenters. The number of furan rings is 1. The Labute approximate surface area is 166 Å². The normalized spacial score (nSPS) is 10.9. The van der Waals surface area contributed by atoms with E-state index in [1.165, 1.54) is 25.3 Å². The number of carbonyl (C=O) groups excluding carboxylic acids is 2. The van der Waals surface area contributed by atoms with Crippen molar-refractivity contribution in [3.8, 4) is 17.1 Å². The first-order chi connectivity index (χ1) is 13.5. The Morgan fingerprint density at radius 1 is 1.07 bits per heavy atom. The second kappa shape index (κ2) is 8.63. The number of ketones is 1. The summed E-state index contributed by atoms with van der Waals surface area (Å²) in [7, 11) is 1.25. The summed E-state index contributed by atoms with van der Waals surface area (Å²) in [5.74, 6) is 0.0750. The van der Waals surface area contributed by atoms with Crippen molar-refractivity contribution >= 4 is 29.6 Å². The third kappa shape index (κ3) is 4.35. The number of rotatable bonds is 6.